The van der Waals surface area contributed by atoms with E-state index in [-0.39, 0.29) is 24.0 Å². The molecule has 0 aliphatic carbocycles. The highest BCUT2D eigenvalue weighted by Gasteiger charge is 2.46. The van der Waals surface area contributed by atoms with Crippen LogP contribution >= 0.6 is 0 Å². The molecule has 138 valence electrons. The summed E-state index contributed by atoms with van der Waals surface area (Å²) in [4.78, 5) is 15.9. The number of benzene rings is 1. The Bertz CT molecular complexity index is 563. The molecule has 5 nitrogen and oxygen atoms in total. The molecule has 0 aromatic heterocycles. The fraction of sp³-hybridized carbons (Fsp3) is 0.650. The molecule has 2 aliphatic rings. The van der Waals surface area contributed by atoms with Crippen LogP contribution in [0.25, 0.3) is 0 Å². The van der Waals surface area contributed by atoms with Gasteiger partial charge in [-0.15, -0.1) is 0 Å². The van der Waals surface area contributed by atoms with Crippen molar-refractivity contribution >= 4 is 5.91 Å². The van der Waals surface area contributed by atoms with Crippen molar-refractivity contribution in [1.29, 1.82) is 0 Å². The van der Waals surface area contributed by atoms with Gasteiger partial charge >= 0.3 is 0 Å². The fourth-order valence-corrected chi connectivity index (χ4v) is 4.04. The van der Waals surface area contributed by atoms with Crippen LogP contribution in [0.2, 0.25) is 0 Å². The average Bonchev–Trinajstić information content (AvgIpc) is 2.62. The third kappa shape index (κ3) is 4.60. The topological polar surface area (TPSA) is 42.0 Å². The first-order chi connectivity index (χ1) is 12.1. The molecular weight excluding hydrogens is 316 g/mol. The number of hydrogen-bond acceptors (Lipinski definition) is 4. The minimum Gasteiger partial charge on any atom is -0.377 e. The Hall–Kier alpha value is -1.43. The van der Waals surface area contributed by atoms with Gasteiger partial charge in [0.2, 0.25) is 5.91 Å². The zero-order valence-electron chi connectivity index (χ0n) is 15.4. The Morgan fingerprint density at radius 1 is 1.36 bits per heavy atom. The van der Waals surface area contributed by atoms with E-state index in [1.165, 1.54) is 5.56 Å². The first-order valence-corrected chi connectivity index (χ1v) is 9.25. The standard InChI is InChI=1S/C20H30N2O3/c1-21(2)19(23)14-24-16-20-10-6-12-25-18(20)9-11-22(15-20)13-17-7-4-3-5-8-17/h3-5,7-8,18H,6,9-16H2,1-2H3. The van der Waals surface area contributed by atoms with E-state index in [1.54, 1.807) is 19.0 Å². The number of rotatable bonds is 6. The van der Waals surface area contributed by atoms with Crippen molar-refractivity contribution in [3.63, 3.8) is 0 Å². The molecule has 0 bridgehead atoms. The van der Waals surface area contributed by atoms with Gasteiger partial charge in [-0.25, -0.2) is 0 Å². The second kappa shape index (κ2) is 8.30. The number of hydrogen-bond donors (Lipinski definition) is 0. The SMILES string of the molecule is CN(C)C(=O)COCC12CCCOC1CCN(Cc1ccccc1)C2. The minimum atomic E-state index is 0.0118. The lowest BCUT2D eigenvalue weighted by molar-refractivity contribution is -0.160. The number of piperidine rings is 1. The maximum Gasteiger partial charge on any atom is 0.248 e. The molecule has 0 saturated carbocycles. The van der Waals surface area contributed by atoms with Crippen molar-refractivity contribution in [3.05, 3.63) is 35.9 Å². The predicted molar refractivity (Wildman–Crippen MR) is 97.3 cm³/mol. The van der Waals surface area contributed by atoms with Gasteiger partial charge in [-0.3, -0.25) is 9.69 Å². The van der Waals surface area contributed by atoms with Gasteiger partial charge in [-0.2, -0.15) is 0 Å². The van der Waals surface area contributed by atoms with Crippen molar-refractivity contribution in [2.75, 3.05) is 47.0 Å². The number of fused-ring (bicyclic) bond motifs is 1. The lowest BCUT2D eigenvalue weighted by Gasteiger charge is -2.50. The average molecular weight is 346 g/mol. The normalized spacial score (nSPS) is 26.9. The number of carbonyl (C=O) groups excluding carboxylic acids is 1. The monoisotopic (exact) mass is 346 g/mol. The molecule has 2 unspecified atom stereocenters. The molecule has 25 heavy (non-hydrogen) atoms. The van der Waals surface area contributed by atoms with Crippen LogP contribution in [0.15, 0.2) is 30.3 Å². The molecular formula is C20H30N2O3. The first-order valence-electron chi connectivity index (χ1n) is 9.25. The number of amides is 1. The molecule has 2 fully saturated rings. The van der Waals surface area contributed by atoms with E-state index in [4.69, 9.17) is 9.47 Å². The van der Waals surface area contributed by atoms with Crippen LogP contribution in [0, 0.1) is 5.41 Å². The summed E-state index contributed by atoms with van der Waals surface area (Å²) in [6.45, 7) is 4.59. The van der Waals surface area contributed by atoms with Crippen LogP contribution in [0.4, 0.5) is 0 Å². The quantitative estimate of drug-likeness (QED) is 0.792. The van der Waals surface area contributed by atoms with E-state index in [0.717, 1.165) is 45.5 Å². The van der Waals surface area contributed by atoms with Gasteiger partial charge in [0.15, 0.2) is 0 Å². The maximum atomic E-state index is 11.8. The summed E-state index contributed by atoms with van der Waals surface area (Å²) in [5.74, 6) is 0.0154. The van der Waals surface area contributed by atoms with Crippen molar-refractivity contribution in [3.8, 4) is 0 Å². The molecule has 0 spiro atoms. The second-order valence-corrected chi connectivity index (χ2v) is 7.59. The van der Waals surface area contributed by atoms with Crippen LogP contribution < -0.4 is 0 Å². The van der Waals surface area contributed by atoms with Crippen LogP contribution in [-0.2, 0) is 20.8 Å². The molecule has 2 heterocycles. The number of likely N-dealkylation sites (N-methyl/N-ethyl adjacent to an activating group) is 1. The third-order valence-corrected chi connectivity index (χ3v) is 5.43. The fourth-order valence-electron chi connectivity index (χ4n) is 4.04. The molecule has 2 saturated heterocycles. The molecule has 1 amide bonds. The summed E-state index contributed by atoms with van der Waals surface area (Å²) in [7, 11) is 3.53. The van der Waals surface area contributed by atoms with E-state index in [0.29, 0.717) is 6.61 Å². The van der Waals surface area contributed by atoms with E-state index < -0.39 is 0 Å². The highest BCUT2D eigenvalue weighted by atomic mass is 16.5. The van der Waals surface area contributed by atoms with Gasteiger partial charge in [-0.05, 0) is 24.8 Å². The summed E-state index contributed by atoms with van der Waals surface area (Å²) >= 11 is 0. The molecule has 1 aromatic carbocycles. The third-order valence-electron chi connectivity index (χ3n) is 5.43. The van der Waals surface area contributed by atoms with Gasteiger partial charge < -0.3 is 14.4 Å². The summed E-state index contributed by atoms with van der Waals surface area (Å²) in [5, 5.41) is 0. The molecule has 2 aliphatic heterocycles. The Labute approximate surface area is 150 Å². The highest BCUT2D eigenvalue weighted by molar-refractivity contribution is 5.76. The first kappa shape index (κ1) is 18.4. The lowest BCUT2D eigenvalue weighted by atomic mass is 9.73. The summed E-state index contributed by atoms with van der Waals surface area (Å²) in [6, 6.07) is 10.6. The summed E-state index contributed by atoms with van der Waals surface area (Å²) < 4.78 is 11.9. The largest absolute Gasteiger partial charge is 0.377 e. The number of likely N-dealkylation sites (tertiary alicyclic amines) is 1. The van der Waals surface area contributed by atoms with Crippen LogP contribution in [0.5, 0.6) is 0 Å². The molecule has 1 aromatic rings. The lowest BCUT2D eigenvalue weighted by Crippen LogP contribution is -2.56. The minimum absolute atomic E-state index is 0.0118. The number of nitrogens with zero attached hydrogens (tertiary/aromatic N) is 2. The molecule has 0 radical (unpaired) electrons. The van der Waals surface area contributed by atoms with E-state index in [1.807, 2.05) is 0 Å². The smallest absolute Gasteiger partial charge is 0.248 e. The molecule has 0 N–H and O–H groups in total. The zero-order valence-corrected chi connectivity index (χ0v) is 15.4. The van der Waals surface area contributed by atoms with E-state index in [9.17, 15) is 4.79 Å². The zero-order chi connectivity index (χ0) is 17.7. The summed E-state index contributed by atoms with van der Waals surface area (Å²) in [6.07, 6.45) is 3.47. The summed E-state index contributed by atoms with van der Waals surface area (Å²) in [5.41, 5.74) is 1.36. The van der Waals surface area contributed by atoms with Gasteiger partial charge in [0, 0.05) is 45.8 Å². The van der Waals surface area contributed by atoms with Crippen LogP contribution in [0.1, 0.15) is 24.8 Å². The Kier molecular flexibility index (Phi) is 6.10. The Balaban J connectivity index is 1.63. The van der Waals surface area contributed by atoms with Crippen molar-refractivity contribution in [1.82, 2.24) is 9.80 Å². The van der Waals surface area contributed by atoms with Crippen molar-refractivity contribution in [2.24, 2.45) is 5.41 Å². The molecule has 2 atom stereocenters. The van der Waals surface area contributed by atoms with Gasteiger partial charge in [0.1, 0.15) is 6.61 Å². The van der Waals surface area contributed by atoms with Gasteiger partial charge in [0.05, 0.1) is 12.7 Å². The number of ether oxygens (including phenoxy) is 2. The number of carbonyl (C=O) groups is 1. The van der Waals surface area contributed by atoms with Crippen LogP contribution in [-0.4, -0.2) is 68.8 Å². The predicted octanol–water partition coefficient (Wildman–Crippen LogP) is 2.16. The van der Waals surface area contributed by atoms with E-state index >= 15 is 0 Å². The van der Waals surface area contributed by atoms with Crippen molar-refractivity contribution < 1.29 is 14.3 Å². The highest BCUT2D eigenvalue weighted by Crippen LogP contribution is 2.40. The Morgan fingerprint density at radius 3 is 2.92 bits per heavy atom. The molecule has 5 heteroatoms. The van der Waals surface area contributed by atoms with E-state index in [2.05, 4.69) is 35.2 Å². The molecule has 3 rings (SSSR count). The second-order valence-electron chi connectivity index (χ2n) is 7.59. The maximum absolute atomic E-state index is 11.8. The Morgan fingerprint density at radius 2 is 2.16 bits per heavy atom. The van der Waals surface area contributed by atoms with Gasteiger partial charge in [-0.1, -0.05) is 30.3 Å². The van der Waals surface area contributed by atoms with Crippen molar-refractivity contribution in [2.45, 2.75) is 31.9 Å². The van der Waals surface area contributed by atoms with Crippen LogP contribution in [0.3, 0.4) is 0 Å². The van der Waals surface area contributed by atoms with Gasteiger partial charge in [0.25, 0.3) is 0 Å².